The summed E-state index contributed by atoms with van der Waals surface area (Å²) in [6.45, 7) is 0. The highest BCUT2D eigenvalue weighted by Gasteiger charge is 2.13. The Kier molecular flexibility index (Phi) is 4.75. The van der Waals surface area contributed by atoms with Crippen LogP contribution in [0.15, 0.2) is 23.2 Å². The van der Waals surface area contributed by atoms with E-state index < -0.39 is 4.92 Å². The minimum atomic E-state index is -0.576. The molecule has 1 aromatic carbocycles. The number of amidine groups is 1. The first-order valence-electron chi connectivity index (χ1n) is 4.30. The van der Waals surface area contributed by atoms with Gasteiger partial charge in [-0.3, -0.25) is 10.1 Å². The molecule has 0 aromatic heterocycles. The number of hydrogen-bond acceptors (Lipinski definition) is 5. The summed E-state index contributed by atoms with van der Waals surface area (Å²) >= 11 is 6.89. The molecule has 0 aliphatic rings. The average molecular weight is 271 g/mol. The van der Waals surface area contributed by atoms with Gasteiger partial charge >= 0.3 is 0 Å². The summed E-state index contributed by atoms with van der Waals surface area (Å²) in [5, 5.41) is 22.3. The molecule has 8 heteroatoms. The highest BCUT2D eigenvalue weighted by Crippen LogP contribution is 2.27. The number of halogens is 1. The lowest BCUT2D eigenvalue weighted by atomic mass is 10.3. The van der Waals surface area contributed by atoms with Crippen LogP contribution in [-0.4, -0.2) is 16.3 Å². The van der Waals surface area contributed by atoms with Crippen molar-refractivity contribution in [3.63, 3.8) is 0 Å². The van der Waals surface area contributed by atoms with Gasteiger partial charge in [-0.05, 0) is 18.4 Å². The number of aliphatic imine (C=N–C) groups is 1. The molecule has 0 unspecified atom stereocenters. The fourth-order valence-corrected chi connectivity index (χ4v) is 1.56. The molecule has 1 N–H and O–H groups in total. The van der Waals surface area contributed by atoms with Gasteiger partial charge < -0.3 is 5.32 Å². The van der Waals surface area contributed by atoms with Crippen molar-refractivity contribution >= 4 is 39.9 Å². The van der Waals surface area contributed by atoms with E-state index >= 15 is 0 Å². The molecule has 0 saturated carbocycles. The molecule has 0 aliphatic heterocycles. The Morgan fingerprint density at radius 3 is 2.94 bits per heavy atom. The van der Waals surface area contributed by atoms with Crippen LogP contribution in [0.1, 0.15) is 0 Å². The van der Waals surface area contributed by atoms with E-state index in [1.807, 2.05) is 0 Å². The van der Waals surface area contributed by atoms with E-state index in [1.165, 1.54) is 23.9 Å². The SMILES string of the molecule is CS/C(=N\C#N)Nc1ccc(Cl)c([N+](=O)[O-])c1. The molecule has 0 spiro atoms. The first kappa shape index (κ1) is 13.3. The Balaban J connectivity index is 3.01. The van der Waals surface area contributed by atoms with Crippen LogP contribution >= 0.6 is 23.4 Å². The summed E-state index contributed by atoms with van der Waals surface area (Å²) in [5.74, 6) is 0. The van der Waals surface area contributed by atoms with Gasteiger partial charge in [0.25, 0.3) is 5.69 Å². The van der Waals surface area contributed by atoms with Crippen molar-refractivity contribution < 1.29 is 4.92 Å². The molecule has 17 heavy (non-hydrogen) atoms. The Morgan fingerprint density at radius 1 is 1.71 bits per heavy atom. The second-order valence-corrected chi connectivity index (χ2v) is 3.97. The third kappa shape index (κ3) is 3.62. The lowest BCUT2D eigenvalue weighted by molar-refractivity contribution is -0.384. The second-order valence-electron chi connectivity index (χ2n) is 2.77. The second kappa shape index (κ2) is 6.08. The molecule has 0 amide bonds. The average Bonchev–Trinajstić information content (AvgIpc) is 2.30. The number of nitro benzene ring substituents is 1. The highest BCUT2D eigenvalue weighted by molar-refractivity contribution is 8.13. The summed E-state index contributed by atoms with van der Waals surface area (Å²) in [4.78, 5) is 13.6. The Bertz CT molecular complexity index is 512. The van der Waals surface area contributed by atoms with Crippen molar-refractivity contribution in [2.24, 2.45) is 4.99 Å². The van der Waals surface area contributed by atoms with Crippen LogP contribution in [0.3, 0.4) is 0 Å². The van der Waals surface area contributed by atoms with Gasteiger partial charge in [-0.2, -0.15) is 5.26 Å². The van der Waals surface area contributed by atoms with Gasteiger partial charge in [0, 0.05) is 11.8 Å². The fourth-order valence-electron chi connectivity index (χ4n) is 1.02. The Morgan fingerprint density at radius 2 is 2.41 bits per heavy atom. The van der Waals surface area contributed by atoms with Crippen molar-refractivity contribution in [2.45, 2.75) is 0 Å². The number of nitrogens with zero attached hydrogens (tertiary/aromatic N) is 3. The van der Waals surface area contributed by atoms with Crippen LogP contribution in [0.25, 0.3) is 0 Å². The number of nitro groups is 1. The summed E-state index contributed by atoms with van der Waals surface area (Å²) < 4.78 is 0. The first-order valence-corrected chi connectivity index (χ1v) is 5.90. The van der Waals surface area contributed by atoms with Gasteiger partial charge in [0.05, 0.1) is 4.92 Å². The molecule has 0 saturated heterocycles. The number of hydrogen-bond donors (Lipinski definition) is 1. The van der Waals surface area contributed by atoms with Gasteiger partial charge in [-0.1, -0.05) is 23.4 Å². The molecule has 0 aliphatic carbocycles. The van der Waals surface area contributed by atoms with E-state index in [-0.39, 0.29) is 10.7 Å². The predicted octanol–water partition coefficient (Wildman–Crippen LogP) is 2.86. The van der Waals surface area contributed by atoms with Crippen LogP contribution < -0.4 is 5.32 Å². The smallest absolute Gasteiger partial charge is 0.289 e. The van der Waals surface area contributed by atoms with Gasteiger partial charge in [0.1, 0.15) is 5.02 Å². The van der Waals surface area contributed by atoms with Gasteiger partial charge in [0.2, 0.25) is 6.19 Å². The lowest BCUT2D eigenvalue weighted by Crippen LogP contribution is -2.07. The molecule has 0 radical (unpaired) electrons. The molecule has 1 aromatic rings. The highest BCUT2D eigenvalue weighted by atomic mass is 35.5. The van der Waals surface area contributed by atoms with Crippen LogP contribution in [0.4, 0.5) is 11.4 Å². The summed E-state index contributed by atoms with van der Waals surface area (Å²) in [6, 6.07) is 4.26. The molecule has 88 valence electrons. The van der Waals surface area contributed by atoms with Crippen LogP contribution in [0.5, 0.6) is 0 Å². The standard InChI is InChI=1S/C9H7ClN4O2S/c1-17-9(12-5-11)13-6-2-3-7(10)8(4-6)14(15)16/h2-4H,1H3,(H,12,13). The van der Waals surface area contributed by atoms with E-state index in [9.17, 15) is 10.1 Å². The van der Waals surface area contributed by atoms with Crippen molar-refractivity contribution in [1.29, 1.82) is 5.26 Å². The number of benzene rings is 1. The molecule has 6 nitrogen and oxygen atoms in total. The zero-order valence-electron chi connectivity index (χ0n) is 8.68. The number of nitriles is 1. The predicted molar refractivity (Wildman–Crippen MR) is 68.3 cm³/mol. The molecule has 0 fully saturated rings. The minimum absolute atomic E-state index is 0.0588. The zero-order valence-corrected chi connectivity index (χ0v) is 10.2. The van der Waals surface area contributed by atoms with Crippen LogP contribution in [0, 0.1) is 21.6 Å². The van der Waals surface area contributed by atoms with E-state index in [4.69, 9.17) is 16.9 Å². The topological polar surface area (TPSA) is 91.3 Å². The van der Waals surface area contributed by atoms with Crippen molar-refractivity contribution in [3.05, 3.63) is 33.3 Å². The molecule has 0 bridgehead atoms. The maximum Gasteiger partial charge on any atom is 0.289 e. The molecular formula is C9H7ClN4O2S. The first-order chi connectivity index (χ1) is 8.08. The van der Waals surface area contributed by atoms with Gasteiger partial charge in [-0.25, -0.2) is 0 Å². The van der Waals surface area contributed by atoms with Crippen molar-refractivity contribution in [1.82, 2.24) is 0 Å². The third-order valence-corrected chi connectivity index (χ3v) is 2.64. The molecule has 0 heterocycles. The lowest BCUT2D eigenvalue weighted by Gasteiger charge is -2.05. The maximum atomic E-state index is 10.7. The normalized spacial score (nSPS) is 10.8. The van der Waals surface area contributed by atoms with Gasteiger partial charge in [0.15, 0.2) is 5.17 Å². The van der Waals surface area contributed by atoms with E-state index in [0.29, 0.717) is 10.9 Å². The fraction of sp³-hybridized carbons (Fsp3) is 0.111. The largest absolute Gasteiger partial charge is 0.334 e. The zero-order chi connectivity index (χ0) is 12.8. The van der Waals surface area contributed by atoms with Crippen LogP contribution in [0.2, 0.25) is 5.02 Å². The summed E-state index contributed by atoms with van der Waals surface area (Å²) in [5.41, 5.74) is 0.249. The third-order valence-electron chi connectivity index (χ3n) is 1.74. The number of nitrogens with one attached hydrogen (secondary N) is 1. The van der Waals surface area contributed by atoms with Crippen LogP contribution in [-0.2, 0) is 0 Å². The quantitative estimate of drug-likeness (QED) is 0.293. The molecule has 0 atom stereocenters. The summed E-state index contributed by atoms with van der Waals surface area (Å²) in [7, 11) is 0. The monoisotopic (exact) mass is 270 g/mol. The van der Waals surface area contributed by atoms with E-state index in [1.54, 1.807) is 18.5 Å². The Labute approximate surface area is 106 Å². The number of rotatable bonds is 2. The minimum Gasteiger partial charge on any atom is -0.334 e. The summed E-state index contributed by atoms with van der Waals surface area (Å²) in [6.07, 6.45) is 3.36. The number of thioether (sulfide) groups is 1. The van der Waals surface area contributed by atoms with E-state index in [0.717, 1.165) is 0 Å². The molecular weight excluding hydrogens is 264 g/mol. The Hall–Kier alpha value is -1.78. The van der Waals surface area contributed by atoms with Crippen molar-refractivity contribution in [3.8, 4) is 6.19 Å². The van der Waals surface area contributed by atoms with Crippen molar-refractivity contribution in [2.75, 3.05) is 11.6 Å². The van der Waals surface area contributed by atoms with E-state index in [2.05, 4.69) is 10.3 Å². The molecule has 1 rings (SSSR count). The maximum absolute atomic E-state index is 10.7. The number of anilines is 1. The van der Waals surface area contributed by atoms with Gasteiger partial charge in [-0.15, -0.1) is 4.99 Å².